The Morgan fingerprint density at radius 1 is 1.24 bits per heavy atom. The topological polar surface area (TPSA) is 41.1 Å². The van der Waals surface area contributed by atoms with Gasteiger partial charge < -0.3 is 10.6 Å². The quantitative estimate of drug-likeness (QED) is 0.808. The van der Waals surface area contributed by atoms with Crippen LogP contribution in [0.5, 0.6) is 0 Å². The highest BCUT2D eigenvalue weighted by molar-refractivity contribution is 5.74. The maximum Gasteiger partial charge on any atom is 0.315 e. The fourth-order valence-corrected chi connectivity index (χ4v) is 1.68. The van der Waals surface area contributed by atoms with Crippen LogP contribution in [0.3, 0.4) is 0 Å². The molecule has 0 saturated heterocycles. The van der Waals surface area contributed by atoms with Crippen LogP contribution in [0.1, 0.15) is 32.8 Å². The van der Waals surface area contributed by atoms with Gasteiger partial charge in [0.05, 0.1) is 0 Å². The molecule has 1 rings (SSSR count). The molecule has 3 heteroatoms. The summed E-state index contributed by atoms with van der Waals surface area (Å²) in [6.07, 6.45) is 1.90. The first-order valence-electron chi connectivity index (χ1n) is 6.13. The molecular formula is C14H22N2O. The van der Waals surface area contributed by atoms with E-state index in [4.69, 9.17) is 0 Å². The van der Waals surface area contributed by atoms with Crippen molar-refractivity contribution in [3.8, 4) is 0 Å². The summed E-state index contributed by atoms with van der Waals surface area (Å²) in [5.74, 6) is 0. The first kappa shape index (κ1) is 13.6. The zero-order valence-corrected chi connectivity index (χ0v) is 10.9. The molecule has 1 aromatic rings. The molecule has 0 aliphatic heterocycles. The fraction of sp³-hybridized carbons (Fsp3) is 0.500. The standard InChI is InChI=1S/C14H22N2O/c1-4-15-13(17)16-14(2,3)11-10-12-8-6-5-7-9-12/h5-9H,4,10-11H2,1-3H3,(H2,15,16,17). The molecule has 0 aliphatic carbocycles. The minimum Gasteiger partial charge on any atom is -0.338 e. The maximum atomic E-state index is 11.4. The monoisotopic (exact) mass is 234 g/mol. The van der Waals surface area contributed by atoms with Crippen LogP contribution in [0.4, 0.5) is 4.79 Å². The molecule has 0 radical (unpaired) electrons. The van der Waals surface area contributed by atoms with Gasteiger partial charge in [-0.2, -0.15) is 0 Å². The van der Waals surface area contributed by atoms with E-state index >= 15 is 0 Å². The van der Waals surface area contributed by atoms with Gasteiger partial charge in [-0.25, -0.2) is 4.79 Å². The first-order chi connectivity index (χ1) is 8.03. The molecule has 0 aromatic heterocycles. The van der Waals surface area contributed by atoms with Crippen molar-refractivity contribution < 1.29 is 4.79 Å². The van der Waals surface area contributed by atoms with Crippen LogP contribution in [0, 0.1) is 0 Å². The lowest BCUT2D eigenvalue weighted by molar-refractivity contribution is 0.228. The zero-order valence-electron chi connectivity index (χ0n) is 10.9. The molecule has 0 heterocycles. The average Bonchev–Trinajstić information content (AvgIpc) is 2.27. The number of hydrogen-bond acceptors (Lipinski definition) is 1. The molecule has 0 atom stereocenters. The Morgan fingerprint density at radius 3 is 2.47 bits per heavy atom. The molecule has 17 heavy (non-hydrogen) atoms. The van der Waals surface area contributed by atoms with Gasteiger partial charge in [0, 0.05) is 12.1 Å². The first-order valence-corrected chi connectivity index (χ1v) is 6.13. The Hall–Kier alpha value is -1.51. The number of urea groups is 1. The van der Waals surface area contributed by atoms with E-state index in [1.807, 2.05) is 39.0 Å². The normalized spacial score (nSPS) is 11.0. The number of benzene rings is 1. The molecule has 2 amide bonds. The summed E-state index contributed by atoms with van der Waals surface area (Å²) in [4.78, 5) is 11.4. The molecule has 0 saturated carbocycles. The summed E-state index contributed by atoms with van der Waals surface area (Å²) in [5.41, 5.74) is 1.12. The molecule has 0 spiro atoms. The molecular weight excluding hydrogens is 212 g/mol. The number of carbonyl (C=O) groups excluding carboxylic acids is 1. The van der Waals surface area contributed by atoms with Crippen molar-refractivity contribution in [2.24, 2.45) is 0 Å². The number of aryl methyl sites for hydroxylation is 1. The van der Waals surface area contributed by atoms with Gasteiger partial charge in [0.25, 0.3) is 0 Å². The number of rotatable bonds is 5. The summed E-state index contributed by atoms with van der Waals surface area (Å²) in [6, 6.07) is 10.2. The van der Waals surface area contributed by atoms with Crippen molar-refractivity contribution in [1.82, 2.24) is 10.6 Å². The summed E-state index contributed by atoms with van der Waals surface area (Å²) in [5, 5.41) is 5.73. The van der Waals surface area contributed by atoms with Crippen LogP contribution >= 0.6 is 0 Å². The van der Waals surface area contributed by atoms with Crippen molar-refractivity contribution >= 4 is 6.03 Å². The minimum absolute atomic E-state index is 0.0921. The van der Waals surface area contributed by atoms with Crippen molar-refractivity contribution in [2.45, 2.75) is 39.2 Å². The number of nitrogens with one attached hydrogen (secondary N) is 2. The van der Waals surface area contributed by atoms with Crippen LogP contribution in [-0.4, -0.2) is 18.1 Å². The van der Waals surface area contributed by atoms with E-state index < -0.39 is 0 Å². The number of amides is 2. The second kappa shape index (κ2) is 6.28. The van der Waals surface area contributed by atoms with Crippen LogP contribution in [0.25, 0.3) is 0 Å². The van der Waals surface area contributed by atoms with Crippen molar-refractivity contribution in [1.29, 1.82) is 0 Å². The van der Waals surface area contributed by atoms with Gasteiger partial charge in [-0.3, -0.25) is 0 Å². The third-order valence-electron chi connectivity index (χ3n) is 2.67. The predicted molar refractivity (Wildman–Crippen MR) is 71.1 cm³/mol. The third kappa shape index (κ3) is 5.38. The van der Waals surface area contributed by atoms with Gasteiger partial charge in [-0.15, -0.1) is 0 Å². The van der Waals surface area contributed by atoms with Crippen LogP contribution < -0.4 is 10.6 Å². The maximum absolute atomic E-state index is 11.4. The van der Waals surface area contributed by atoms with Gasteiger partial charge >= 0.3 is 6.03 Å². The SMILES string of the molecule is CCNC(=O)NC(C)(C)CCc1ccccc1. The van der Waals surface area contributed by atoms with E-state index in [-0.39, 0.29) is 11.6 Å². The number of hydrogen-bond donors (Lipinski definition) is 2. The second-order valence-corrected chi connectivity index (χ2v) is 4.85. The lowest BCUT2D eigenvalue weighted by Gasteiger charge is -2.26. The minimum atomic E-state index is -0.185. The summed E-state index contributed by atoms with van der Waals surface area (Å²) in [7, 11) is 0. The summed E-state index contributed by atoms with van der Waals surface area (Å²) < 4.78 is 0. The van der Waals surface area contributed by atoms with Crippen molar-refractivity contribution in [3.63, 3.8) is 0 Å². The molecule has 2 N–H and O–H groups in total. The van der Waals surface area contributed by atoms with Crippen molar-refractivity contribution in [2.75, 3.05) is 6.54 Å². The van der Waals surface area contributed by atoms with E-state index in [2.05, 4.69) is 22.8 Å². The van der Waals surface area contributed by atoms with E-state index in [1.54, 1.807) is 0 Å². The largest absolute Gasteiger partial charge is 0.338 e. The molecule has 0 fully saturated rings. The predicted octanol–water partition coefficient (Wildman–Crippen LogP) is 2.72. The molecule has 0 unspecified atom stereocenters. The molecule has 94 valence electrons. The van der Waals surface area contributed by atoms with Gasteiger partial charge in [0.1, 0.15) is 0 Å². The van der Waals surface area contributed by atoms with E-state index in [9.17, 15) is 4.79 Å². The lowest BCUT2D eigenvalue weighted by atomic mass is 9.95. The van der Waals surface area contributed by atoms with Crippen molar-refractivity contribution in [3.05, 3.63) is 35.9 Å². The Kier molecular flexibility index (Phi) is 5.01. The fourth-order valence-electron chi connectivity index (χ4n) is 1.68. The Morgan fingerprint density at radius 2 is 1.88 bits per heavy atom. The summed E-state index contributed by atoms with van der Waals surface area (Å²) in [6.45, 7) is 6.66. The summed E-state index contributed by atoms with van der Waals surface area (Å²) >= 11 is 0. The van der Waals surface area contributed by atoms with E-state index in [0.29, 0.717) is 6.54 Å². The zero-order chi connectivity index (χ0) is 12.7. The molecule has 0 bridgehead atoms. The van der Waals surface area contributed by atoms with Gasteiger partial charge in [0.2, 0.25) is 0 Å². The van der Waals surface area contributed by atoms with Gasteiger partial charge in [-0.1, -0.05) is 30.3 Å². The lowest BCUT2D eigenvalue weighted by Crippen LogP contribution is -2.48. The van der Waals surface area contributed by atoms with E-state index in [1.165, 1.54) is 5.56 Å². The molecule has 0 aliphatic rings. The van der Waals surface area contributed by atoms with Crippen LogP contribution in [0.2, 0.25) is 0 Å². The molecule has 3 nitrogen and oxygen atoms in total. The van der Waals surface area contributed by atoms with Crippen LogP contribution in [-0.2, 0) is 6.42 Å². The molecule has 1 aromatic carbocycles. The Balaban J connectivity index is 2.41. The van der Waals surface area contributed by atoms with Gasteiger partial charge in [0.15, 0.2) is 0 Å². The van der Waals surface area contributed by atoms with E-state index in [0.717, 1.165) is 12.8 Å². The van der Waals surface area contributed by atoms with Gasteiger partial charge in [-0.05, 0) is 39.2 Å². The highest BCUT2D eigenvalue weighted by Crippen LogP contribution is 2.13. The highest BCUT2D eigenvalue weighted by atomic mass is 16.2. The van der Waals surface area contributed by atoms with Crippen LogP contribution in [0.15, 0.2) is 30.3 Å². The third-order valence-corrected chi connectivity index (χ3v) is 2.67. The average molecular weight is 234 g/mol. The Bertz CT molecular complexity index is 346. The smallest absolute Gasteiger partial charge is 0.315 e. The highest BCUT2D eigenvalue weighted by Gasteiger charge is 2.19. The Labute approximate surface area is 104 Å². The second-order valence-electron chi connectivity index (χ2n) is 4.85. The number of carbonyl (C=O) groups is 1.